The maximum atomic E-state index is 5.21. The number of ether oxygens (including phenoxy) is 3. The molecule has 2 rings (SSSR count). The normalized spacial score (nSPS) is 19.6. The lowest BCUT2D eigenvalue weighted by Gasteiger charge is -2.09. The molecular weight excluding hydrogens is 230 g/mol. The molecule has 0 spiro atoms. The summed E-state index contributed by atoms with van der Waals surface area (Å²) >= 11 is 0. The quantitative estimate of drug-likeness (QED) is 0.885. The molecule has 1 atom stereocenters. The summed E-state index contributed by atoms with van der Waals surface area (Å²) in [7, 11) is 3.41. The number of methoxy groups -OCH3 is 2. The molecule has 1 aromatic rings. The Morgan fingerprint density at radius 1 is 1.28 bits per heavy atom. The van der Waals surface area contributed by atoms with Gasteiger partial charge in [0.15, 0.2) is 0 Å². The number of nitrogens with one attached hydrogen (secondary N) is 1. The Morgan fingerprint density at radius 3 is 2.72 bits per heavy atom. The molecule has 1 aromatic carbocycles. The predicted molar refractivity (Wildman–Crippen MR) is 71.6 cm³/mol. The minimum absolute atomic E-state index is 0.243. The average Bonchev–Trinajstić information content (AvgIpc) is 2.69. The second kappa shape index (κ2) is 10.0. The molecule has 1 heterocycles. The van der Waals surface area contributed by atoms with Crippen molar-refractivity contribution in [3.63, 3.8) is 0 Å². The Kier molecular flexibility index (Phi) is 8.42. The van der Waals surface area contributed by atoms with Crippen LogP contribution in [0.25, 0.3) is 0 Å². The Labute approximate surface area is 109 Å². The zero-order valence-corrected chi connectivity index (χ0v) is 11.2. The SMILES string of the molecule is COC1CNCCOC1.COCc1ccccc1. The van der Waals surface area contributed by atoms with Gasteiger partial charge in [-0.05, 0) is 5.56 Å². The van der Waals surface area contributed by atoms with Gasteiger partial charge in [-0.25, -0.2) is 0 Å². The smallest absolute Gasteiger partial charge is 0.0928 e. The fraction of sp³-hybridized carbons (Fsp3) is 0.571. The summed E-state index contributed by atoms with van der Waals surface area (Å²) in [6.45, 7) is 4.10. The van der Waals surface area contributed by atoms with Gasteiger partial charge in [-0.2, -0.15) is 0 Å². The largest absolute Gasteiger partial charge is 0.380 e. The maximum absolute atomic E-state index is 5.21. The number of hydrogen-bond acceptors (Lipinski definition) is 4. The van der Waals surface area contributed by atoms with E-state index in [2.05, 4.69) is 5.32 Å². The fourth-order valence-corrected chi connectivity index (χ4v) is 1.57. The summed E-state index contributed by atoms with van der Waals surface area (Å²) in [5.74, 6) is 0. The highest BCUT2D eigenvalue weighted by Crippen LogP contribution is 1.98. The molecule has 102 valence electrons. The second-order valence-corrected chi connectivity index (χ2v) is 4.06. The van der Waals surface area contributed by atoms with E-state index in [0.29, 0.717) is 6.61 Å². The molecule has 1 aliphatic heterocycles. The van der Waals surface area contributed by atoms with Gasteiger partial charge in [0.05, 0.1) is 25.9 Å². The summed E-state index contributed by atoms with van der Waals surface area (Å²) in [4.78, 5) is 0. The van der Waals surface area contributed by atoms with Crippen molar-refractivity contribution in [2.45, 2.75) is 12.7 Å². The Hall–Kier alpha value is -0.940. The molecule has 0 aliphatic carbocycles. The highest BCUT2D eigenvalue weighted by molar-refractivity contribution is 5.13. The van der Waals surface area contributed by atoms with Crippen molar-refractivity contribution in [2.24, 2.45) is 0 Å². The van der Waals surface area contributed by atoms with Gasteiger partial charge in [-0.1, -0.05) is 30.3 Å². The van der Waals surface area contributed by atoms with E-state index in [9.17, 15) is 0 Å². The molecule has 0 radical (unpaired) electrons. The summed E-state index contributed by atoms with van der Waals surface area (Å²) < 4.78 is 15.2. The van der Waals surface area contributed by atoms with Crippen molar-refractivity contribution in [1.82, 2.24) is 5.32 Å². The monoisotopic (exact) mass is 253 g/mol. The van der Waals surface area contributed by atoms with Crippen LogP contribution in [0.2, 0.25) is 0 Å². The van der Waals surface area contributed by atoms with E-state index >= 15 is 0 Å². The van der Waals surface area contributed by atoms with Crippen molar-refractivity contribution in [1.29, 1.82) is 0 Å². The van der Waals surface area contributed by atoms with Crippen molar-refractivity contribution in [3.8, 4) is 0 Å². The van der Waals surface area contributed by atoms with Crippen LogP contribution in [0, 0.1) is 0 Å². The third-order valence-corrected chi connectivity index (χ3v) is 2.59. The van der Waals surface area contributed by atoms with E-state index in [0.717, 1.165) is 26.3 Å². The molecule has 0 amide bonds. The zero-order valence-electron chi connectivity index (χ0n) is 11.2. The summed E-state index contributed by atoms with van der Waals surface area (Å²) in [5.41, 5.74) is 1.22. The van der Waals surface area contributed by atoms with Crippen molar-refractivity contribution in [2.75, 3.05) is 40.5 Å². The van der Waals surface area contributed by atoms with Gasteiger partial charge in [-0.3, -0.25) is 0 Å². The molecule has 0 bridgehead atoms. The van der Waals surface area contributed by atoms with E-state index in [1.54, 1.807) is 14.2 Å². The summed E-state index contributed by atoms with van der Waals surface area (Å²) in [6, 6.07) is 10.1. The molecule has 1 saturated heterocycles. The van der Waals surface area contributed by atoms with Crippen LogP contribution in [0.4, 0.5) is 0 Å². The molecule has 4 nitrogen and oxygen atoms in total. The summed E-state index contributed by atoms with van der Waals surface area (Å²) in [6.07, 6.45) is 0.243. The zero-order chi connectivity index (χ0) is 13.1. The fourth-order valence-electron chi connectivity index (χ4n) is 1.57. The molecule has 18 heavy (non-hydrogen) atoms. The second-order valence-electron chi connectivity index (χ2n) is 4.06. The highest BCUT2D eigenvalue weighted by atomic mass is 16.5. The molecule has 0 saturated carbocycles. The minimum atomic E-state index is 0.243. The maximum Gasteiger partial charge on any atom is 0.0928 e. The molecule has 0 aromatic heterocycles. The minimum Gasteiger partial charge on any atom is -0.380 e. The van der Waals surface area contributed by atoms with Gasteiger partial charge in [0.1, 0.15) is 0 Å². The molecule has 4 heteroatoms. The number of hydrogen-bond donors (Lipinski definition) is 1. The third-order valence-electron chi connectivity index (χ3n) is 2.59. The van der Waals surface area contributed by atoms with Crippen LogP contribution in [0.15, 0.2) is 30.3 Å². The lowest BCUT2D eigenvalue weighted by molar-refractivity contribution is 0.0279. The molecule has 1 N–H and O–H groups in total. The molecule has 1 unspecified atom stereocenters. The Morgan fingerprint density at radius 2 is 2.06 bits per heavy atom. The topological polar surface area (TPSA) is 39.7 Å². The van der Waals surface area contributed by atoms with Crippen molar-refractivity contribution in [3.05, 3.63) is 35.9 Å². The lowest BCUT2D eigenvalue weighted by atomic mass is 10.2. The first-order chi connectivity index (χ1) is 8.86. The van der Waals surface area contributed by atoms with E-state index in [1.165, 1.54) is 5.56 Å². The molecule has 1 fully saturated rings. The van der Waals surface area contributed by atoms with E-state index in [1.807, 2.05) is 30.3 Å². The Balaban J connectivity index is 0.000000180. The van der Waals surface area contributed by atoms with Crippen molar-refractivity contribution < 1.29 is 14.2 Å². The van der Waals surface area contributed by atoms with Gasteiger partial charge in [-0.15, -0.1) is 0 Å². The Bertz CT molecular complexity index is 284. The number of benzene rings is 1. The average molecular weight is 253 g/mol. The predicted octanol–water partition coefficient (Wildman–Crippen LogP) is 1.45. The standard InChI is InChI=1S/C8H10O.C6H13NO2/c1-9-7-8-5-3-2-4-6-8;1-8-6-4-7-2-3-9-5-6/h2-6H,7H2,1H3;6-7H,2-5H2,1H3. The first-order valence-electron chi connectivity index (χ1n) is 6.21. The first-order valence-corrected chi connectivity index (χ1v) is 6.21. The van der Waals surface area contributed by atoms with E-state index in [-0.39, 0.29) is 6.10 Å². The molecule has 1 aliphatic rings. The van der Waals surface area contributed by atoms with Gasteiger partial charge < -0.3 is 19.5 Å². The van der Waals surface area contributed by atoms with Crippen LogP contribution >= 0.6 is 0 Å². The van der Waals surface area contributed by atoms with Crippen LogP contribution < -0.4 is 5.32 Å². The molecular formula is C14H23NO3. The van der Waals surface area contributed by atoms with E-state index < -0.39 is 0 Å². The highest BCUT2D eigenvalue weighted by Gasteiger charge is 2.09. The number of rotatable bonds is 3. The lowest BCUT2D eigenvalue weighted by Crippen LogP contribution is -2.28. The summed E-state index contributed by atoms with van der Waals surface area (Å²) in [5, 5.41) is 3.20. The third kappa shape index (κ3) is 6.71. The van der Waals surface area contributed by atoms with Crippen LogP contribution in [-0.2, 0) is 20.8 Å². The van der Waals surface area contributed by atoms with Crippen LogP contribution in [0.1, 0.15) is 5.56 Å². The first kappa shape index (κ1) is 15.1. The van der Waals surface area contributed by atoms with Gasteiger partial charge in [0, 0.05) is 27.3 Å². The van der Waals surface area contributed by atoms with Gasteiger partial charge >= 0.3 is 0 Å². The van der Waals surface area contributed by atoms with Crippen LogP contribution in [-0.4, -0.2) is 46.6 Å². The van der Waals surface area contributed by atoms with Gasteiger partial charge in [0.2, 0.25) is 0 Å². The van der Waals surface area contributed by atoms with Crippen molar-refractivity contribution >= 4 is 0 Å². The van der Waals surface area contributed by atoms with Gasteiger partial charge in [0.25, 0.3) is 0 Å². The van der Waals surface area contributed by atoms with E-state index in [4.69, 9.17) is 14.2 Å². The van der Waals surface area contributed by atoms with Crippen LogP contribution in [0.5, 0.6) is 0 Å². The van der Waals surface area contributed by atoms with Crippen LogP contribution in [0.3, 0.4) is 0 Å².